The van der Waals surface area contributed by atoms with Crippen LogP contribution in [-0.4, -0.2) is 21.3 Å². The summed E-state index contributed by atoms with van der Waals surface area (Å²) in [5.74, 6) is -0.659. The molecule has 0 radical (unpaired) electrons. The van der Waals surface area contributed by atoms with Gasteiger partial charge in [-0.1, -0.05) is 29.3 Å². The Hall–Kier alpha value is -1.20. The largest absolute Gasteiger partial charge is 0.772 e. The lowest BCUT2D eigenvalue weighted by Crippen LogP contribution is -2.09. The van der Waals surface area contributed by atoms with Crippen LogP contribution < -0.4 is 0 Å². The molecule has 0 aliphatic carbocycles. The van der Waals surface area contributed by atoms with E-state index in [1.54, 1.807) is 31.2 Å². The van der Waals surface area contributed by atoms with E-state index in [9.17, 15) is 13.6 Å². The number of rotatable bonds is 4. The van der Waals surface area contributed by atoms with Gasteiger partial charge >= 0.3 is 5.97 Å². The summed E-state index contributed by atoms with van der Waals surface area (Å²) in [7, 11) is 0. The molecule has 82 valence electrons. The van der Waals surface area contributed by atoms with Gasteiger partial charge in [0.2, 0.25) is 0 Å². The third-order valence-electron chi connectivity index (χ3n) is 1.79. The summed E-state index contributed by atoms with van der Waals surface area (Å²) in [6.45, 7) is 1.97. The number of carbonyl (C=O) groups excluding carboxylic acids is 1. The fourth-order valence-electron chi connectivity index (χ4n) is 1.18. The minimum absolute atomic E-state index is 0.172. The molecule has 0 fully saturated rings. The van der Waals surface area contributed by atoms with Crippen LogP contribution in [0.2, 0.25) is 0 Å². The van der Waals surface area contributed by atoms with Gasteiger partial charge in [0.1, 0.15) is 0 Å². The fraction of sp³-hybridized carbons (Fsp3) is 0.300. The highest BCUT2D eigenvalue weighted by Gasteiger charge is 2.11. The van der Waals surface area contributed by atoms with Gasteiger partial charge in [-0.25, -0.2) is 4.79 Å². The third kappa shape index (κ3) is 3.45. The maximum atomic E-state index is 11.4. The van der Waals surface area contributed by atoms with Crippen LogP contribution in [0.5, 0.6) is 0 Å². The highest BCUT2D eigenvalue weighted by atomic mass is 32.2. The van der Waals surface area contributed by atoms with E-state index in [2.05, 4.69) is 0 Å². The van der Waals surface area contributed by atoms with Gasteiger partial charge in [0.25, 0.3) is 0 Å². The molecule has 1 unspecified atom stereocenters. The first-order valence-corrected chi connectivity index (χ1v) is 5.70. The van der Waals surface area contributed by atoms with E-state index in [4.69, 9.17) is 4.74 Å². The van der Waals surface area contributed by atoms with Crippen molar-refractivity contribution in [2.75, 3.05) is 6.61 Å². The highest BCUT2D eigenvalue weighted by molar-refractivity contribution is 7.78. The van der Waals surface area contributed by atoms with Gasteiger partial charge in [-0.2, -0.15) is 0 Å². The van der Waals surface area contributed by atoms with Gasteiger partial charge in [0.05, 0.1) is 12.2 Å². The maximum Gasteiger partial charge on any atom is 0.338 e. The Morgan fingerprint density at radius 3 is 2.73 bits per heavy atom. The highest BCUT2D eigenvalue weighted by Crippen LogP contribution is 2.12. The molecule has 0 aliphatic heterocycles. The fourth-order valence-corrected chi connectivity index (χ4v) is 1.69. The Morgan fingerprint density at radius 1 is 1.47 bits per heavy atom. The molecule has 0 heterocycles. The quantitative estimate of drug-likeness (QED) is 0.573. The molecule has 1 atom stereocenters. The summed E-state index contributed by atoms with van der Waals surface area (Å²) in [5, 5.41) is 0. The molecule has 0 saturated carbocycles. The molecule has 1 aromatic carbocycles. The molecule has 5 heteroatoms. The van der Waals surface area contributed by atoms with Crippen LogP contribution in [0.25, 0.3) is 0 Å². The smallest absolute Gasteiger partial charge is 0.338 e. The number of hydrogen-bond acceptors (Lipinski definition) is 4. The second kappa shape index (κ2) is 5.63. The first-order valence-electron chi connectivity index (χ1n) is 4.46. The van der Waals surface area contributed by atoms with Crippen molar-refractivity contribution in [2.45, 2.75) is 12.7 Å². The molecule has 1 aromatic rings. The van der Waals surface area contributed by atoms with Crippen LogP contribution in [0.4, 0.5) is 0 Å². The van der Waals surface area contributed by atoms with Gasteiger partial charge in [0, 0.05) is 5.75 Å². The molecule has 0 amide bonds. The molecule has 0 bridgehead atoms. The van der Waals surface area contributed by atoms with Crippen molar-refractivity contribution >= 4 is 17.0 Å². The van der Waals surface area contributed by atoms with Gasteiger partial charge in [0.15, 0.2) is 0 Å². The Morgan fingerprint density at radius 2 is 2.13 bits per heavy atom. The van der Waals surface area contributed by atoms with E-state index in [0.717, 1.165) is 0 Å². The van der Waals surface area contributed by atoms with Crippen molar-refractivity contribution in [1.82, 2.24) is 0 Å². The lowest BCUT2D eigenvalue weighted by Gasteiger charge is -2.09. The zero-order valence-electron chi connectivity index (χ0n) is 8.26. The van der Waals surface area contributed by atoms with Crippen molar-refractivity contribution in [3.63, 3.8) is 0 Å². The minimum atomic E-state index is -2.21. The minimum Gasteiger partial charge on any atom is -0.772 e. The van der Waals surface area contributed by atoms with E-state index >= 15 is 0 Å². The van der Waals surface area contributed by atoms with E-state index in [-0.39, 0.29) is 12.4 Å². The zero-order chi connectivity index (χ0) is 11.3. The maximum absolute atomic E-state index is 11.4. The average molecular weight is 227 g/mol. The third-order valence-corrected chi connectivity index (χ3v) is 2.33. The number of ether oxygens (including phenoxy) is 1. The summed E-state index contributed by atoms with van der Waals surface area (Å²) in [4.78, 5) is 11.4. The van der Waals surface area contributed by atoms with E-state index in [0.29, 0.717) is 11.1 Å². The Balaban J connectivity index is 2.95. The molecule has 1 rings (SSSR count). The number of benzene rings is 1. The van der Waals surface area contributed by atoms with E-state index in [1.807, 2.05) is 0 Å². The lowest BCUT2D eigenvalue weighted by atomic mass is 10.1. The predicted molar refractivity (Wildman–Crippen MR) is 55.0 cm³/mol. The van der Waals surface area contributed by atoms with Crippen molar-refractivity contribution in [1.29, 1.82) is 0 Å². The van der Waals surface area contributed by atoms with Crippen LogP contribution in [0, 0.1) is 0 Å². The van der Waals surface area contributed by atoms with E-state index < -0.39 is 17.0 Å². The predicted octanol–water partition coefficient (Wildman–Crippen LogP) is 1.24. The number of esters is 1. The van der Waals surface area contributed by atoms with Crippen LogP contribution in [-0.2, 0) is 21.6 Å². The summed E-state index contributed by atoms with van der Waals surface area (Å²) >= 11 is -2.21. The lowest BCUT2D eigenvalue weighted by molar-refractivity contribution is 0.0525. The number of hydrogen-bond donors (Lipinski definition) is 0. The molecule has 0 saturated heterocycles. The van der Waals surface area contributed by atoms with Crippen molar-refractivity contribution in [3.8, 4) is 0 Å². The molecular weight excluding hydrogens is 216 g/mol. The zero-order valence-corrected chi connectivity index (χ0v) is 9.08. The first-order chi connectivity index (χ1) is 7.15. The summed E-state index contributed by atoms with van der Waals surface area (Å²) in [5.41, 5.74) is 0.771. The SMILES string of the molecule is CCOC(=O)c1ccccc1CS(=O)[O-]. The van der Waals surface area contributed by atoms with E-state index in [1.165, 1.54) is 0 Å². The topological polar surface area (TPSA) is 66.4 Å². The standard InChI is InChI=1S/C10H12O4S/c1-2-14-10(11)9-6-4-3-5-8(9)7-15(12)13/h3-6H,2,7H2,1H3,(H,12,13)/p-1. The van der Waals surface area contributed by atoms with Crippen LogP contribution in [0.1, 0.15) is 22.8 Å². The monoisotopic (exact) mass is 227 g/mol. The van der Waals surface area contributed by atoms with Crippen molar-refractivity contribution < 1.29 is 18.3 Å². The van der Waals surface area contributed by atoms with Crippen molar-refractivity contribution in [2.24, 2.45) is 0 Å². The van der Waals surface area contributed by atoms with Gasteiger partial charge in [-0.3, -0.25) is 4.21 Å². The first kappa shape index (κ1) is 11.9. The van der Waals surface area contributed by atoms with Crippen LogP contribution in [0.3, 0.4) is 0 Å². The van der Waals surface area contributed by atoms with Gasteiger partial charge < -0.3 is 9.29 Å². The van der Waals surface area contributed by atoms with Crippen LogP contribution in [0.15, 0.2) is 24.3 Å². The Bertz CT molecular complexity index is 375. The molecule has 0 spiro atoms. The Kier molecular flexibility index (Phi) is 4.45. The van der Waals surface area contributed by atoms with Crippen LogP contribution >= 0.6 is 0 Å². The normalized spacial score (nSPS) is 12.1. The molecule has 4 nitrogen and oxygen atoms in total. The second-order valence-corrected chi connectivity index (χ2v) is 3.72. The summed E-state index contributed by atoms with van der Waals surface area (Å²) < 4.78 is 25.9. The second-order valence-electron chi connectivity index (χ2n) is 2.83. The van der Waals surface area contributed by atoms with Gasteiger partial charge in [-0.05, 0) is 18.6 Å². The molecule has 0 N–H and O–H groups in total. The molecule has 0 aliphatic rings. The molecule has 15 heavy (non-hydrogen) atoms. The van der Waals surface area contributed by atoms with Crippen molar-refractivity contribution in [3.05, 3.63) is 35.4 Å². The number of carbonyl (C=O) groups is 1. The summed E-state index contributed by atoms with van der Waals surface area (Å²) in [6, 6.07) is 6.51. The van der Waals surface area contributed by atoms with Gasteiger partial charge in [-0.15, -0.1) is 0 Å². The average Bonchev–Trinajstić information content (AvgIpc) is 2.18. The summed E-state index contributed by atoms with van der Waals surface area (Å²) in [6.07, 6.45) is 0. The molecule has 0 aromatic heterocycles. The Labute approximate surface area is 90.5 Å². The molecular formula is C10H11O4S-.